The molecular weight excluding hydrogens is 644 g/mol. The van der Waals surface area contributed by atoms with E-state index in [0.29, 0.717) is 25.4 Å². The van der Waals surface area contributed by atoms with E-state index in [2.05, 4.69) is 13.7 Å². The Morgan fingerprint density at radius 1 is 1.12 bits per heavy atom. The van der Waals surface area contributed by atoms with E-state index < -0.39 is 99.9 Å². The molecule has 0 aromatic heterocycles. The van der Waals surface area contributed by atoms with Crippen LogP contribution in [0.3, 0.4) is 0 Å². The smallest absolute Gasteiger partial charge is 0.353 e. The summed E-state index contributed by atoms with van der Waals surface area (Å²) in [6.45, 7) is -0.902. The van der Waals surface area contributed by atoms with Gasteiger partial charge in [-0.3, -0.25) is 38.3 Å². The molecule has 2 rings (SSSR count). The summed E-state index contributed by atoms with van der Waals surface area (Å²) >= 11 is 0. The monoisotopic (exact) mass is 678 g/mol. The van der Waals surface area contributed by atoms with Crippen molar-refractivity contribution < 1.29 is 57.7 Å². The number of carbonyl (C=O) groups is 1. The summed E-state index contributed by atoms with van der Waals surface area (Å²) in [5.41, 5.74) is -3.70. The van der Waals surface area contributed by atoms with Gasteiger partial charge in [0.1, 0.15) is 6.04 Å². The summed E-state index contributed by atoms with van der Waals surface area (Å²) in [5.74, 6) is -1.30. The highest BCUT2D eigenvalue weighted by molar-refractivity contribution is 8.65. The Hall–Kier alpha value is -2.60. The van der Waals surface area contributed by atoms with Gasteiger partial charge in [-0.25, -0.2) is 8.42 Å². The lowest BCUT2D eigenvalue weighted by atomic mass is 9.83. The van der Waals surface area contributed by atoms with E-state index >= 15 is 0 Å². The van der Waals surface area contributed by atoms with Crippen molar-refractivity contribution >= 4 is 34.0 Å². The van der Waals surface area contributed by atoms with Crippen LogP contribution in [0, 0.1) is 20.2 Å². The third kappa shape index (κ3) is 10.2. The lowest BCUT2D eigenvalue weighted by molar-refractivity contribution is -0.547. The number of rotatable bonds is 17. The molecular formula is C21H34N4O15S3. The van der Waals surface area contributed by atoms with Gasteiger partial charge in [0.2, 0.25) is 0 Å². The average Bonchev–Trinajstić information content (AvgIpc) is 2.89. The van der Waals surface area contributed by atoms with Crippen molar-refractivity contribution in [3.05, 3.63) is 44.2 Å². The van der Waals surface area contributed by atoms with Crippen LogP contribution in [0.15, 0.2) is 23.9 Å². The minimum atomic E-state index is -5.12. The highest BCUT2D eigenvalue weighted by Gasteiger charge is 2.60. The zero-order valence-corrected chi connectivity index (χ0v) is 26.0. The van der Waals surface area contributed by atoms with Gasteiger partial charge in [-0.15, -0.1) is 0 Å². The van der Waals surface area contributed by atoms with E-state index in [0.717, 1.165) is 36.1 Å². The van der Waals surface area contributed by atoms with E-state index in [1.807, 2.05) is 0 Å². The minimum Gasteiger partial charge on any atom is -0.353 e. The standard InChI is InChI=1S/C21H34N4O15S3/c1-16(40-19-6-4-5-11-37-19)15-22-20(26)21(25(29)30)14-17(24(27)28)7-8-18(21)23(9-12-38-41(2,31)32)10-13-39-43(35,36)42(3,33)34/h7-8,14,16,18-19H,4-6,9-13,15H2,1-3H3,(H,22,26). The second-order valence-electron chi connectivity index (χ2n) is 9.66. The third-order valence-electron chi connectivity index (χ3n) is 6.26. The molecule has 0 aromatic rings. The molecule has 0 saturated carbocycles. The maximum absolute atomic E-state index is 13.5. The lowest BCUT2D eigenvalue weighted by Gasteiger charge is -2.37. The second-order valence-corrected chi connectivity index (χ2v) is 16.8. The molecule has 2 aliphatic rings. The van der Waals surface area contributed by atoms with Crippen LogP contribution in [0.2, 0.25) is 0 Å². The first kappa shape index (κ1) is 36.6. The van der Waals surface area contributed by atoms with Crippen molar-refractivity contribution in [2.45, 2.75) is 50.2 Å². The van der Waals surface area contributed by atoms with Gasteiger partial charge >= 0.3 is 20.6 Å². The Bertz CT molecular complexity index is 1420. The molecule has 1 fully saturated rings. The van der Waals surface area contributed by atoms with Crippen LogP contribution in [-0.2, 0) is 50.8 Å². The van der Waals surface area contributed by atoms with E-state index in [1.54, 1.807) is 6.92 Å². The fourth-order valence-corrected chi connectivity index (χ4v) is 5.76. The predicted molar refractivity (Wildman–Crippen MR) is 147 cm³/mol. The van der Waals surface area contributed by atoms with Gasteiger partial charge in [0.25, 0.3) is 24.7 Å². The van der Waals surface area contributed by atoms with Crippen molar-refractivity contribution in [2.75, 3.05) is 52.0 Å². The number of nitro groups is 2. The fraction of sp³-hybridized carbons (Fsp3) is 0.762. The number of nitrogens with zero attached hydrogens (tertiary/aromatic N) is 3. The molecule has 1 heterocycles. The molecule has 43 heavy (non-hydrogen) atoms. The molecule has 4 atom stereocenters. The predicted octanol–water partition coefficient (Wildman–Crippen LogP) is -1.27. The van der Waals surface area contributed by atoms with E-state index in [1.165, 1.54) is 0 Å². The molecule has 1 aliphatic carbocycles. The van der Waals surface area contributed by atoms with Crippen LogP contribution in [0.25, 0.3) is 0 Å². The summed E-state index contributed by atoms with van der Waals surface area (Å²) in [7, 11) is -13.9. The minimum absolute atomic E-state index is 0.265. The Morgan fingerprint density at radius 3 is 2.26 bits per heavy atom. The number of nitrogens with one attached hydrogen (secondary N) is 1. The Balaban J connectivity index is 2.41. The molecule has 0 spiro atoms. The lowest BCUT2D eigenvalue weighted by Crippen LogP contribution is -2.65. The quantitative estimate of drug-likeness (QED) is 0.0814. The third-order valence-corrected chi connectivity index (χ3v) is 10.6. The van der Waals surface area contributed by atoms with E-state index in [4.69, 9.17) is 9.47 Å². The molecule has 0 aromatic carbocycles. The molecule has 19 nitrogen and oxygen atoms in total. The first-order valence-corrected chi connectivity index (χ1v) is 18.4. The maximum atomic E-state index is 13.5. The van der Waals surface area contributed by atoms with E-state index in [9.17, 15) is 50.3 Å². The van der Waals surface area contributed by atoms with Gasteiger partial charge in [-0.2, -0.15) is 16.8 Å². The molecule has 4 unspecified atom stereocenters. The number of carbonyl (C=O) groups excluding carboxylic acids is 1. The first-order chi connectivity index (χ1) is 19.8. The summed E-state index contributed by atoms with van der Waals surface area (Å²) in [5, 5.41) is 26.5. The van der Waals surface area contributed by atoms with Crippen LogP contribution in [0.1, 0.15) is 26.2 Å². The molecule has 1 amide bonds. The van der Waals surface area contributed by atoms with Crippen LogP contribution < -0.4 is 5.32 Å². The molecule has 1 saturated heterocycles. The number of amides is 1. The largest absolute Gasteiger partial charge is 0.374 e. The summed E-state index contributed by atoms with van der Waals surface area (Å²) in [6, 6.07) is -1.70. The zero-order chi connectivity index (χ0) is 32.6. The highest BCUT2D eigenvalue weighted by atomic mass is 33.2. The second kappa shape index (κ2) is 14.9. The van der Waals surface area contributed by atoms with Crippen LogP contribution in [-0.4, -0.2) is 122 Å². The molecule has 1 aliphatic heterocycles. The van der Waals surface area contributed by atoms with Crippen molar-refractivity contribution in [3.63, 3.8) is 0 Å². The van der Waals surface area contributed by atoms with Gasteiger partial charge < -0.3 is 14.8 Å². The van der Waals surface area contributed by atoms with Crippen LogP contribution in [0.4, 0.5) is 0 Å². The Morgan fingerprint density at radius 2 is 1.74 bits per heavy atom. The number of allylic oxidation sites excluding steroid dienone is 1. The molecule has 22 heteroatoms. The van der Waals surface area contributed by atoms with E-state index in [-0.39, 0.29) is 6.54 Å². The number of hydrogen-bond acceptors (Lipinski definition) is 16. The first-order valence-electron chi connectivity index (χ1n) is 12.7. The van der Waals surface area contributed by atoms with Crippen LogP contribution in [0.5, 0.6) is 0 Å². The van der Waals surface area contributed by atoms with Gasteiger partial charge in [-0.05, 0) is 26.2 Å². The summed E-state index contributed by atoms with van der Waals surface area (Å²) in [4.78, 5) is 36.7. The Labute approximate surface area is 248 Å². The molecule has 0 bridgehead atoms. The topological polar surface area (TPSA) is 258 Å². The van der Waals surface area contributed by atoms with Crippen LogP contribution >= 0.6 is 0 Å². The van der Waals surface area contributed by atoms with Gasteiger partial charge in [0.05, 0.1) is 42.8 Å². The van der Waals surface area contributed by atoms with Crippen molar-refractivity contribution in [1.82, 2.24) is 10.2 Å². The summed E-state index contributed by atoms with van der Waals surface area (Å²) in [6.07, 6.45) is 4.50. The summed E-state index contributed by atoms with van der Waals surface area (Å²) < 4.78 is 90.1. The highest BCUT2D eigenvalue weighted by Crippen LogP contribution is 2.30. The molecule has 0 radical (unpaired) electrons. The fourth-order valence-electron chi connectivity index (χ4n) is 4.20. The Kier molecular flexibility index (Phi) is 12.7. The maximum Gasteiger partial charge on any atom is 0.374 e. The van der Waals surface area contributed by atoms with Gasteiger partial charge in [-0.1, -0.05) is 6.08 Å². The number of ether oxygens (including phenoxy) is 2. The SMILES string of the molecule is CC(CNC(=O)C1([N+](=O)[O-])C=C([N+](=O)[O-])C=CC1N(CCOS(C)(=O)=O)CCOS(=O)(=O)S(C)(=O)=O)OC1CCCCO1. The average molecular weight is 679 g/mol. The van der Waals surface area contributed by atoms with Crippen molar-refractivity contribution in [1.29, 1.82) is 0 Å². The molecule has 1 N–H and O–H groups in total. The zero-order valence-electron chi connectivity index (χ0n) is 23.5. The van der Waals surface area contributed by atoms with Gasteiger partial charge in [0.15, 0.2) is 6.29 Å². The van der Waals surface area contributed by atoms with Crippen molar-refractivity contribution in [3.8, 4) is 0 Å². The number of hydrogen-bond donors (Lipinski definition) is 1. The van der Waals surface area contributed by atoms with Gasteiger partial charge in [0, 0.05) is 37.2 Å². The molecule has 246 valence electrons. The normalized spacial score (nSPS) is 23.9. The van der Waals surface area contributed by atoms with Crippen molar-refractivity contribution in [2.24, 2.45) is 0 Å².